The number of hydrogen-bond donors (Lipinski definition) is 0. The molecule has 120 valence electrons. The topological polar surface area (TPSA) is 94.2 Å². The summed E-state index contributed by atoms with van der Waals surface area (Å²) in [6, 6.07) is 0. The Labute approximate surface area is 132 Å². The van der Waals surface area contributed by atoms with E-state index in [9.17, 15) is 4.79 Å². The summed E-state index contributed by atoms with van der Waals surface area (Å²) < 4.78 is 11.5. The Hall–Kier alpha value is -2.35. The van der Waals surface area contributed by atoms with E-state index in [2.05, 4.69) is 20.2 Å². The number of aryl methyl sites for hydroxylation is 1. The van der Waals surface area contributed by atoms with E-state index in [-0.39, 0.29) is 18.1 Å². The third-order valence-corrected chi connectivity index (χ3v) is 4.35. The molecule has 23 heavy (non-hydrogen) atoms. The van der Waals surface area contributed by atoms with Crippen LogP contribution >= 0.6 is 0 Å². The highest BCUT2D eigenvalue weighted by Gasteiger charge is 2.44. The van der Waals surface area contributed by atoms with Crippen molar-refractivity contribution in [3.05, 3.63) is 36.1 Å². The van der Waals surface area contributed by atoms with Gasteiger partial charge in [0.2, 0.25) is 11.8 Å². The third kappa shape index (κ3) is 2.81. The Balaban J connectivity index is 1.36. The van der Waals surface area contributed by atoms with Gasteiger partial charge >= 0.3 is 0 Å². The van der Waals surface area contributed by atoms with Crippen LogP contribution in [0.15, 0.2) is 23.0 Å². The lowest BCUT2D eigenvalue weighted by molar-refractivity contribution is 0.0334. The summed E-state index contributed by atoms with van der Waals surface area (Å²) in [5.41, 5.74) is 0.380. The van der Waals surface area contributed by atoms with Crippen molar-refractivity contribution in [1.29, 1.82) is 0 Å². The summed E-state index contributed by atoms with van der Waals surface area (Å²) >= 11 is 0. The molecule has 0 aromatic carbocycles. The van der Waals surface area contributed by atoms with Gasteiger partial charge in [0, 0.05) is 38.3 Å². The van der Waals surface area contributed by atoms with E-state index in [1.165, 1.54) is 12.4 Å². The van der Waals surface area contributed by atoms with Crippen LogP contribution in [0, 0.1) is 12.8 Å². The zero-order valence-corrected chi connectivity index (χ0v) is 12.8. The molecule has 0 spiro atoms. The average molecular weight is 315 g/mol. The van der Waals surface area contributed by atoms with E-state index in [0.717, 1.165) is 6.42 Å². The second kappa shape index (κ2) is 5.69. The highest BCUT2D eigenvalue weighted by Crippen LogP contribution is 2.34. The number of fused-ring (bicyclic) bond motifs is 1. The number of amides is 1. The average Bonchev–Trinajstić information content (AvgIpc) is 3.22. The molecule has 4 rings (SSSR count). The lowest BCUT2D eigenvalue weighted by atomic mass is 10.0. The van der Waals surface area contributed by atoms with E-state index >= 15 is 0 Å². The minimum atomic E-state index is -0.0832. The summed E-state index contributed by atoms with van der Waals surface area (Å²) in [5, 5.41) is 7.84. The fourth-order valence-corrected chi connectivity index (χ4v) is 3.35. The maximum Gasteiger partial charge on any atom is 0.274 e. The van der Waals surface area contributed by atoms with Crippen molar-refractivity contribution in [1.82, 2.24) is 25.1 Å². The first-order chi connectivity index (χ1) is 11.2. The third-order valence-electron chi connectivity index (χ3n) is 4.35. The highest BCUT2D eigenvalue weighted by atomic mass is 16.5. The quantitative estimate of drug-likeness (QED) is 0.820. The molecule has 2 fully saturated rings. The summed E-state index contributed by atoms with van der Waals surface area (Å²) in [6.07, 6.45) is 6.27. The van der Waals surface area contributed by atoms with Crippen LogP contribution in [-0.2, 0) is 11.2 Å². The molecule has 8 heteroatoms. The fourth-order valence-electron chi connectivity index (χ4n) is 3.35. The molecule has 2 aliphatic rings. The molecular formula is C15H17N5O3. The first-order valence-electron chi connectivity index (χ1n) is 7.69. The van der Waals surface area contributed by atoms with Gasteiger partial charge in [-0.15, -0.1) is 10.2 Å². The Morgan fingerprint density at radius 3 is 2.96 bits per heavy atom. The van der Waals surface area contributed by atoms with Gasteiger partial charge in [-0.05, 0) is 6.42 Å². The van der Waals surface area contributed by atoms with Crippen LogP contribution in [0.5, 0.6) is 0 Å². The van der Waals surface area contributed by atoms with Crippen LogP contribution in [0.4, 0.5) is 0 Å². The number of carbonyl (C=O) groups excluding carboxylic acids is 1. The number of ether oxygens (including phenoxy) is 1. The molecule has 1 amide bonds. The number of likely N-dealkylation sites (tertiary alicyclic amines) is 1. The first kappa shape index (κ1) is 14.3. The normalized spacial score (nSPS) is 26.5. The SMILES string of the molecule is Cc1nnc(C[C@H]2C[C@H]3CN(C(=O)c4cnccn4)C[C@H]3O2)o1. The molecule has 4 heterocycles. The second-order valence-electron chi connectivity index (χ2n) is 6.01. The lowest BCUT2D eigenvalue weighted by Gasteiger charge is -2.18. The largest absolute Gasteiger partial charge is 0.426 e. The molecule has 0 saturated carbocycles. The van der Waals surface area contributed by atoms with Gasteiger partial charge in [-0.2, -0.15) is 0 Å². The summed E-state index contributed by atoms with van der Waals surface area (Å²) in [4.78, 5) is 22.2. The standard InChI is InChI=1S/C15H17N5O3/c1-9-18-19-14(22-9)5-11-4-10-7-20(8-13(10)23-11)15(21)12-6-16-2-3-17-12/h2-3,6,10-11,13H,4-5,7-8H2,1H3/t10-,11+,13+/m0/s1. The molecule has 0 bridgehead atoms. The number of carbonyl (C=O) groups is 1. The van der Waals surface area contributed by atoms with Gasteiger partial charge in [0.05, 0.1) is 24.8 Å². The van der Waals surface area contributed by atoms with Crippen LogP contribution in [-0.4, -0.2) is 56.3 Å². The molecule has 0 N–H and O–H groups in total. The number of hydrogen-bond acceptors (Lipinski definition) is 7. The number of aromatic nitrogens is 4. The number of rotatable bonds is 3. The van der Waals surface area contributed by atoms with E-state index < -0.39 is 0 Å². The van der Waals surface area contributed by atoms with Gasteiger partial charge < -0.3 is 14.1 Å². The van der Waals surface area contributed by atoms with Crippen molar-refractivity contribution in [2.45, 2.75) is 32.0 Å². The molecule has 3 atom stereocenters. The van der Waals surface area contributed by atoms with Crippen LogP contribution in [0.25, 0.3) is 0 Å². The molecule has 2 saturated heterocycles. The number of nitrogens with zero attached hydrogens (tertiary/aromatic N) is 5. The second-order valence-corrected chi connectivity index (χ2v) is 6.01. The summed E-state index contributed by atoms with van der Waals surface area (Å²) in [5.74, 6) is 1.45. The van der Waals surface area contributed by atoms with Crippen LogP contribution in [0.3, 0.4) is 0 Å². The van der Waals surface area contributed by atoms with Crippen molar-refractivity contribution in [3.63, 3.8) is 0 Å². The Kier molecular flexibility index (Phi) is 3.53. The minimum Gasteiger partial charge on any atom is -0.426 e. The van der Waals surface area contributed by atoms with Crippen LogP contribution < -0.4 is 0 Å². The molecule has 2 aromatic rings. The maximum atomic E-state index is 12.4. The zero-order chi connectivity index (χ0) is 15.8. The summed E-state index contributed by atoms with van der Waals surface area (Å²) in [6.45, 7) is 3.07. The monoisotopic (exact) mass is 315 g/mol. The van der Waals surface area contributed by atoms with Gasteiger partial charge in [0.15, 0.2) is 0 Å². The van der Waals surface area contributed by atoms with Crippen molar-refractivity contribution in [3.8, 4) is 0 Å². The predicted molar refractivity (Wildman–Crippen MR) is 77.4 cm³/mol. The molecule has 0 aliphatic carbocycles. The molecule has 0 radical (unpaired) electrons. The van der Waals surface area contributed by atoms with Gasteiger partial charge in [-0.25, -0.2) is 4.98 Å². The van der Waals surface area contributed by atoms with Gasteiger partial charge in [-0.3, -0.25) is 9.78 Å². The first-order valence-corrected chi connectivity index (χ1v) is 7.69. The van der Waals surface area contributed by atoms with Gasteiger partial charge in [0.1, 0.15) is 5.69 Å². The molecular weight excluding hydrogens is 298 g/mol. The van der Waals surface area contributed by atoms with Gasteiger partial charge in [0.25, 0.3) is 5.91 Å². The van der Waals surface area contributed by atoms with E-state index in [4.69, 9.17) is 9.15 Å². The van der Waals surface area contributed by atoms with Crippen molar-refractivity contribution in [2.24, 2.45) is 5.92 Å². The summed E-state index contributed by atoms with van der Waals surface area (Å²) in [7, 11) is 0. The van der Waals surface area contributed by atoms with E-state index in [0.29, 0.717) is 42.9 Å². The lowest BCUT2D eigenvalue weighted by Crippen LogP contribution is -2.32. The van der Waals surface area contributed by atoms with Crippen LogP contribution in [0.2, 0.25) is 0 Å². The smallest absolute Gasteiger partial charge is 0.274 e. The molecule has 0 unspecified atom stereocenters. The van der Waals surface area contributed by atoms with Crippen LogP contribution in [0.1, 0.15) is 28.7 Å². The maximum absolute atomic E-state index is 12.4. The highest BCUT2D eigenvalue weighted by molar-refractivity contribution is 5.92. The molecule has 2 aromatic heterocycles. The van der Waals surface area contributed by atoms with Crippen molar-refractivity contribution in [2.75, 3.05) is 13.1 Å². The molecule has 8 nitrogen and oxygen atoms in total. The Morgan fingerprint density at radius 2 is 2.26 bits per heavy atom. The molecule has 2 aliphatic heterocycles. The van der Waals surface area contributed by atoms with Crippen molar-refractivity contribution >= 4 is 5.91 Å². The minimum absolute atomic E-state index is 0.0737. The van der Waals surface area contributed by atoms with E-state index in [1.54, 1.807) is 18.0 Å². The van der Waals surface area contributed by atoms with Crippen molar-refractivity contribution < 1.29 is 13.9 Å². The fraction of sp³-hybridized carbons (Fsp3) is 0.533. The van der Waals surface area contributed by atoms with Gasteiger partial charge in [-0.1, -0.05) is 0 Å². The Bertz CT molecular complexity index is 690. The zero-order valence-electron chi connectivity index (χ0n) is 12.8. The Morgan fingerprint density at radius 1 is 1.35 bits per heavy atom. The predicted octanol–water partition coefficient (Wildman–Crippen LogP) is 0.640. The van der Waals surface area contributed by atoms with E-state index in [1.807, 2.05) is 0 Å².